The quantitative estimate of drug-likeness (QED) is 0.502. The van der Waals surface area contributed by atoms with Crippen molar-refractivity contribution in [3.8, 4) is 0 Å². The van der Waals surface area contributed by atoms with Crippen molar-refractivity contribution in [3.63, 3.8) is 0 Å². The van der Waals surface area contributed by atoms with E-state index < -0.39 is 24.2 Å². The Bertz CT molecular complexity index is 1090. The molecule has 0 saturated heterocycles. The number of halogens is 5. The van der Waals surface area contributed by atoms with Crippen molar-refractivity contribution in [1.82, 2.24) is 9.78 Å². The molecule has 0 spiro atoms. The van der Waals surface area contributed by atoms with Crippen LogP contribution in [0.5, 0.6) is 0 Å². The number of carbonyl (C=O) groups is 1. The Labute approximate surface area is 179 Å². The molecule has 10 heteroatoms. The fraction of sp³-hybridized carbons (Fsp3) is 0.200. The van der Waals surface area contributed by atoms with Gasteiger partial charge in [0.25, 0.3) is 5.91 Å². The SMILES string of the molecule is O=C(Nc1ccc(Cl)cc1Cl)c1cc2n(n1)C(C(F)(F)F)CC(c1ccccc1)N2. The maximum Gasteiger partial charge on any atom is 0.410 e. The lowest BCUT2D eigenvalue weighted by Crippen LogP contribution is -2.35. The minimum absolute atomic E-state index is 0.116. The van der Waals surface area contributed by atoms with Gasteiger partial charge in [0.05, 0.1) is 16.8 Å². The van der Waals surface area contributed by atoms with Crippen LogP contribution in [0, 0.1) is 0 Å². The first-order chi connectivity index (χ1) is 14.2. The normalized spacial score (nSPS) is 18.4. The first-order valence-corrected chi connectivity index (χ1v) is 9.72. The summed E-state index contributed by atoms with van der Waals surface area (Å²) in [6, 6.07) is 12.2. The second-order valence-electron chi connectivity index (χ2n) is 6.84. The third-order valence-electron chi connectivity index (χ3n) is 4.80. The Hall–Kier alpha value is -2.71. The smallest absolute Gasteiger partial charge is 0.363 e. The monoisotopic (exact) mass is 454 g/mol. The standard InChI is InChI=1S/C20H15Cl2F3N4O/c21-12-6-7-14(13(22)8-12)27-19(30)16-10-18-26-15(11-4-2-1-3-5-11)9-17(20(23,24)25)29(18)28-16/h1-8,10,15,17,26H,9H2,(H,27,30). The van der Waals surface area contributed by atoms with Crippen molar-refractivity contribution < 1.29 is 18.0 Å². The fourth-order valence-electron chi connectivity index (χ4n) is 3.37. The van der Waals surface area contributed by atoms with Crippen molar-refractivity contribution in [2.24, 2.45) is 0 Å². The summed E-state index contributed by atoms with van der Waals surface area (Å²) >= 11 is 11.9. The molecule has 2 unspecified atom stereocenters. The van der Waals surface area contributed by atoms with Gasteiger partial charge in [0.2, 0.25) is 0 Å². The van der Waals surface area contributed by atoms with E-state index in [4.69, 9.17) is 23.2 Å². The van der Waals surface area contributed by atoms with E-state index in [9.17, 15) is 18.0 Å². The number of fused-ring (bicyclic) bond motifs is 1. The summed E-state index contributed by atoms with van der Waals surface area (Å²) in [5, 5.41) is 10.1. The Morgan fingerprint density at radius 1 is 1.13 bits per heavy atom. The maximum absolute atomic E-state index is 13.7. The van der Waals surface area contributed by atoms with Gasteiger partial charge in [0, 0.05) is 17.5 Å². The van der Waals surface area contributed by atoms with Gasteiger partial charge in [0.1, 0.15) is 5.82 Å². The van der Waals surface area contributed by atoms with Crippen LogP contribution in [0.3, 0.4) is 0 Å². The van der Waals surface area contributed by atoms with Crippen LogP contribution in [0.25, 0.3) is 0 Å². The summed E-state index contributed by atoms with van der Waals surface area (Å²) < 4.78 is 42.0. The predicted octanol–water partition coefficient (Wildman–Crippen LogP) is 6.10. The van der Waals surface area contributed by atoms with Crippen LogP contribution in [0.4, 0.5) is 24.7 Å². The van der Waals surface area contributed by atoms with Gasteiger partial charge in [-0.1, -0.05) is 53.5 Å². The number of nitrogens with zero attached hydrogens (tertiary/aromatic N) is 2. The van der Waals surface area contributed by atoms with Crippen LogP contribution in [0.15, 0.2) is 54.6 Å². The number of aromatic nitrogens is 2. The third-order valence-corrected chi connectivity index (χ3v) is 5.35. The highest BCUT2D eigenvalue weighted by molar-refractivity contribution is 6.36. The van der Waals surface area contributed by atoms with E-state index >= 15 is 0 Å². The molecule has 1 amide bonds. The van der Waals surface area contributed by atoms with Crippen LogP contribution < -0.4 is 10.6 Å². The highest BCUT2D eigenvalue weighted by atomic mass is 35.5. The lowest BCUT2D eigenvalue weighted by atomic mass is 9.97. The summed E-state index contributed by atoms with van der Waals surface area (Å²) in [6.45, 7) is 0. The molecule has 30 heavy (non-hydrogen) atoms. The highest BCUT2D eigenvalue weighted by Gasteiger charge is 2.46. The Morgan fingerprint density at radius 2 is 1.87 bits per heavy atom. The van der Waals surface area contributed by atoms with Gasteiger partial charge in [-0.2, -0.15) is 18.3 Å². The van der Waals surface area contributed by atoms with Crippen LogP contribution >= 0.6 is 23.2 Å². The van der Waals surface area contributed by atoms with Crippen molar-refractivity contribution in [3.05, 3.63) is 75.9 Å². The Kier molecular flexibility index (Phi) is 5.38. The Balaban J connectivity index is 1.64. The number of hydrogen-bond donors (Lipinski definition) is 2. The molecule has 1 aliphatic heterocycles. The zero-order valence-corrected chi connectivity index (χ0v) is 16.8. The van der Waals surface area contributed by atoms with Gasteiger partial charge in [-0.15, -0.1) is 0 Å². The number of benzene rings is 2. The zero-order chi connectivity index (χ0) is 21.5. The molecule has 0 aliphatic carbocycles. The first-order valence-electron chi connectivity index (χ1n) is 8.96. The summed E-state index contributed by atoms with van der Waals surface area (Å²) in [4.78, 5) is 12.6. The second-order valence-corrected chi connectivity index (χ2v) is 7.68. The molecule has 1 aliphatic rings. The van der Waals surface area contributed by atoms with Gasteiger partial charge in [-0.05, 0) is 23.8 Å². The first kappa shape index (κ1) is 20.6. The van der Waals surface area contributed by atoms with Crippen molar-refractivity contribution in [2.75, 3.05) is 10.6 Å². The highest BCUT2D eigenvalue weighted by Crippen LogP contribution is 2.43. The predicted molar refractivity (Wildman–Crippen MR) is 109 cm³/mol. The molecule has 2 N–H and O–H groups in total. The van der Waals surface area contributed by atoms with E-state index in [1.54, 1.807) is 30.3 Å². The van der Waals surface area contributed by atoms with Crippen LogP contribution in [-0.2, 0) is 0 Å². The fourth-order valence-corrected chi connectivity index (χ4v) is 3.82. The van der Waals surface area contributed by atoms with E-state index in [1.165, 1.54) is 24.3 Å². The van der Waals surface area contributed by atoms with Crippen molar-refractivity contribution in [1.29, 1.82) is 0 Å². The summed E-state index contributed by atoms with van der Waals surface area (Å²) in [5.41, 5.74) is 0.837. The van der Waals surface area contributed by atoms with E-state index in [-0.39, 0.29) is 28.6 Å². The minimum atomic E-state index is -4.52. The number of anilines is 2. The lowest BCUT2D eigenvalue weighted by molar-refractivity contribution is -0.173. The van der Waals surface area contributed by atoms with E-state index in [0.717, 1.165) is 10.2 Å². The molecular formula is C20H15Cl2F3N4O. The van der Waals surface area contributed by atoms with E-state index in [2.05, 4.69) is 15.7 Å². The average molecular weight is 455 g/mol. The molecule has 2 aromatic carbocycles. The number of rotatable bonds is 3. The van der Waals surface area contributed by atoms with Crippen LogP contribution in [-0.4, -0.2) is 21.9 Å². The molecule has 2 heterocycles. The van der Waals surface area contributed by atoms with Gasteiger partial charge in [-0.25, -0.2) is 4.68 Å². The molecule has 3 aromatic rings. The molecular weight excluding hydrogens is 440 g/mol. The number of hydrogen-bond acceptors (Lipinski definition) is 3. The van der Waals surface area contributed by atoms with E-state index in [0.29, 0.717) is 5.02 Å². The van der Waals surface area contributed by atoms with Crippen LogP contribution in [0.1, 0.15) is 34.6 Å². The summed E-state index contributed by atoms with van der Waals surface area (Å²) in [6.07, 6.45) is -4.77. The second kappa shape index (κ2) is 7.85. The van der Waals surface area contributed by atoms with Crippen LogP contribution in [0.2, 0.25) is 10.0 Å². The molecule has 2 atom stereocenters. The number of carbonyl (C=O) groups excluding carboxylic acids is 1. The third kappa shape index (κ3) is 4.11. The zero-order valence-electron chi connectivity index (χ0n) is 15.3. The number of alkyl halides is 3. The van der Waals surface area contributed by atoms with Crippen molar-refractivity contribution in [2.45, 2.75) is 24.7 Å². The van der Waals surface area contributed by atoms with Gasteiger partial charge >= 0.3 is 6.18 Å². The molecule has 5 nitrogen and oxygen atoms in total. The average Bonchev–Trinajstić information content (AvgIpc) is 3.13. The van der Waals surface area contributed by atoms with Gasteiger partial charge in [-0.3, -0.25) is 4.79 Å². The molecule has 0 bridgehead atoms. The lowest BCUT2D eigenvalue weighted by Gasteiger charge is -2.33. The van der Waals surface area contributed by atoms with Crippen molar-refractivity contribution >= 4 is 40.6 Å². The topological polar surface area (TPSA) is 59.0 Å². The molecule has 156 valence electrons. The molecule has 1 aromatic heterocycles. The number of amides is 1. The minimum Gasteiger partial charge on any atom is -0.363 e. The largest absolute Gasteiger partial charge is 0.410 e. The summed E-state index contributed by atoms with van der Waals surface area (Å²) in [7, 11) is 0. The summed E-state index contributed by atoms with van der Waals surface area (Å²) in [5.74, 6) is -0.565. The van der Waals surface area contributed by atoms with Gasteiger partial charge < -0.3 is 10.6 Å². The molecule has 0 fully saturated rings. The van der Waals surface area contributed by atoms with Gasteiger partial charge in [0.15, 0.2) is 11.7 Å². The van der Waals surface area contributed by atoms with E-state index in [1.807, 2.05) is 0 Å². The Morgan fingerprint density at radius 3 is 2.53 bits per heavy atom. The number of nitrogens with one attached hydrogen (secondary N) is 2. The molecule has 0 saturated carbocycles. The molecule has 0 radical (unpaired) electrons. The maximum atomic E-state index is 13.7. The molecule has 4 rings (SSSR count).